The molecular formula is C20H38O4S. The molecule has 0 aromatic heterocycles. The second-order valence-corrected chi connectivity index (χ2v) is 9.51. The van der Waals surface area contributed by atoms with Crippen LogP contribution < -0.4 is 0 Å². The Kier molecular flexibility index (Phi) is 12.3. The van der Waals surface area contributed by atoms with Crippen molar-refractivity contribution in [2.24, 2.45) is 0 Å². The zero-order chi connectivity index (χ0) is 19.3. The fourth-order valence-electron chi connectivity index (χ4n) is 3.03. The Hall–Kier alpha value is -0.710. The first kappa shape index (κ1) is 24.3. The Morgan fingerprint density at radius 2 is 1.00 bits per heavy atom. The van der Waals surface area contributed by atoms with E-state index in [0.717, 1.165) is 63.1 Å². The summed E-state index contributed by atoms with van der Waals surface area (Å²) in [4.78, 5) is 23.7. The number of rotatable bonds is 16. The first-order valence-electron chi connectivity index (χ1n) is 9.89. The maximum absolute atomic E-state index is 11.8. The Labute approximate surface area is 158 Å². The third kappa shape index (κ3) is 9.53. The minimum absolute atomic E-state index is 0.523. The summed E-state index contributed by atoms with van der Waals surface area (Å²) in [6.45, 7) is 7.68. The van der Waals surface area contributed by atoms with Crippen molar-refractivity contribution in [2.75, 3.05) is 0 Å². The van der Waals surface area contributed by atoms with Crippen molar-refractivity contribution < 1.29 is 19.8 Å². The molecule has 0 rings (SSSR count). The molecule has 2 unspecified atom stereocenters. The highest BCUT2D eigenvalue weighted by molar-refractivity contribution is 8.03. The molecule has 2 N–H and O–H groups in total. The predicted octanol–water partition coefficient (Wildman–Crippen LogP) is 6.13. The molecule has 148 valence electrons. The van der Waals surface area contributed by atoms with Gasteiger partial charge in [-0.15, -0.1) is 11.8 Å². The van der Waals surface area contributed by atoms with Crippen LogP contribution in [0.4, 0.5) is 0 Å². The Morgan fingerprint density at radius 1 is 0.680 bits per heavy atom. The Bertz CT molecular complexity index is 363. The number of carbonyl (C=O) groups is 2. The van der Waals surface area contributed by atoms with E-state index in [1.54, 1.807) is 13.8 Å². The van der Waals surface area contributed by atoms with Gasteiger partial charge in [0.1, 0.15) is 9.49 Å². The zero-order valence-corrected chi connectivity index (χ0v) is 17.4. The van der Waals surface area contributed by atoms with E-state index >= 15 is 0 Å². The van der Waals surface area contributed by atoms with Crippen LogP contribution in [0.1, 0.15) is 105 Å². The third-order valence-electron chi connectivity index (χ3n) is 4.87. The molecule has 0 heterocycles. The van der Waals surface area contributed by atoms with Gasteiger partial charge in [0, 0.05) is 0 Å². The molecule has 2 atom stereocenters. The Morgan fingerprint density at radius 3 is 1.28 bits per heavy atom. The lowest BCUT2D eigenvalue weighted by atomic mass is 10.0. The summed E-state index contributed by atoms with van der Waals surface area (Å²) in [5, 5.41) is 19.4. The second kappa shape index (κ2) is 12.6. The molecule has 4 nitrogen and oxygen atoms in total. The van der Waals surface area contributed by atoms with Gasteiger partial charge in [-0.25, -0.2) is 0 Å². The SMILES string of the molecule is CCCCCCCC(C)(SC(C)(CCCCCCC)C(=O)O)C(=O)O. The number of thioether (sulfide) groups is 1. The van der Waals surface area contributed by atoms with Gasteiger partial charge in [0.15, 0.2) is 0 Å². The van der Waals surface area contributed by atoms with Crippen LogP contribution in [-0.2, 0) is 9.59 Å². The molecular weight excluding hydrogens is 336 g/mol. The molecule has 0 aromatic carbocycles. The maximum Gasteiger partial charge on any atom is 0.319 e. The van der Waals surface area contributed by atoms with E-state index < -0.39 is 21.4 Å². The molecule has 0 saturated heterocycles. The van der Waals surface area contributed by atoms with Crippen LogP contribution >= 0.6 is 11.8 Å². The molecule has 5 heteroatoms. The standard InChI is InChI=1S/C20H38O4S/c1-5-7-9-11-13-15-19(3,17(21)22)25-20(4,18(23)24)16-14-12-10-8-6-2/h5-16H2,1-4H3,(H,21,22)(H,23,24). The van der Waals surface area contributed by atoms with Crippen LogP contribution in [0.2, 0.25) is 0 Å². The van der Waals surface area contributed by atoms with Crippen molar-refractivity contribution in [2.45, 2.75) is 114 Å². The zero-order valence-electron chi connectivity index (χ0n) is 16.6. The summed E-state index contributed by atoms with van der Waals surface area (Å²) in [5.41, 5.74) is 0. The topological polar surface area (TPSA) is 74.6 Å². The monoisotopic (exact) mass is 374 g/mol. The number of carboxylic acid groups (broad SMARTS) is 2. The highest BCUT2D eigenvalue weighted by atomic mass is 32.2. The summed E-state index contributed by atoms with van der Waals surface area (Å²) in [6.07, 6.45) is 11.6. The second-order valence-electron chi connectivity index (χ2n) is 7.50. The largest absolute Gasteiger partial charge is 0.480 e. The third-order valence-corrected chi connectivity index (χ3v) is 6.53. The number of aliphatic carboxylic acids is 2. The number of hydrogen-bond donors (Lipinski definition) is 2. The normalized spacial score (nSPS) is 16.2. The molecule has 0 aromatic rings. The van der Waals surface area contributed by atoms with Gasteiger partial charge in [0.05, 0.1) is 0 Å². The van der Waals surface area contributed by atoms with E-state index in [9.17, 15) is 19.8 Å². The molecule has 0 bridgehead atoms. The summed E-state index contributed by atoms with van der Waals surface area (Å²) < 4.78 is -2.08. The van der Waals surface area contributed by atoms with Crippen molar-refractivity contribution >= 4 is 23.7 Å². The molecule has 0 aliphatic carbocycles. The van der Waals surface area contributed by atoms with Gasteiger partial charge in [-0.1, -0.05) is 78.1 Å². The van der Waals surface area contributed by atoms with Crippen LogP contribution in [0.15, 0.2) is 0 Å². The van der Waals surface area contributed by atoms with E-state index in [1.807, 2.05) is 0 Å². The van der Waals surface area contributed by atoms with Gasteiger partial charge in [-0.3, -0.25) is 9.59 Å². The fraction of sp³-hybridized carbons (Fsp3) is 0.900. The van der Waals surface area contributed by atoms with Crippen LogP contribution in [0, 0.1) is 0 Å². The highest BCUT2D eigenvalue weighted by Gasteiger charge is 2.45. The van der Waals surface area contributed by atoms with Gasteiger partial charge in [0.2, 0.25) is 0 Å². The summed E-state index contributed by atoms with van der Waals surface area (Å²) >= 11 is 1.14. The average Bonchev–Trinajstić information content (AvgIpc) is 2.54. The number of unbranched alkanes of at least 4 members (excludes halogenated alkanes) is 8. The molecule has 0 saturated carbocycles. The van der Waals surface area contributed by atoms with E-state index in [1.165, 1.54) is 12.8 Å². The first-order valence-corrected chi connectivity index (χ1v) is 10.7. The van der Waals surface area contributed by atoms with Crippen molar-refractivity contribution in [1.29, 1.82) is 0 Å². The summed E-state index contributed by atoms with van der Waals surface area (Å²) in [7, 11) is 0. The van der Waals surface area contributed by atoms with Crippen molar-refractivity contribution in [3.05, 3.63) is 0 Å². The Balaban J connectivity index is 4.76. The molecule has 0 aliphatic heterocycles. The molecule has 0 radical (unpaired) electrons. The van der Waals surface area contributed by atoms with E-state index in [0.29, 0.717) is 12.8 Å². The van der Waals surface area contributed by atoms with Crippen LogP contribution in [0.25, 0.3) is 0 Å². The molecule has 0 spiro atoms. The van der Waals surface area contributed by atoms with E-state index in [4.69, 9.17) is 0 Å². The summed E-state index contributed by atoms with van der Waals surface area (Å²) in [5.74, 6) is -1.79. The van der Waals surface area contributed by atoms with Gasteiger partial charge < -0.3 is 10.2 Å². The predicted molar refractivity (Wildman–Crippen MR) is 106 cm³/mol. The van der Waals surface area contributed by atoms with E-state index in [-0.39, 0.29) is 0 Å². The average molecular weight is 375 g/mol. The quantitative estimate of drug-likeness (QED) is 0.318. The van der Waals surface area contributed by atoms with Crippen molar-refractivity contribution in [1.82, 2.24) is 0 Å². The molecule has 0 amide bonds. The lowest BCUT2D eigenvalue weighted by Gasteiger charge is -2.34. The van der Waals surface area contributed by atoms with Gasteiger partial charge >= 0.3 is 11.9 Å². The lowest BCUT2D eigenvalue weighted by molar-refractivity contribution is -0.139. The summed E-state index contributed by atoms with van der Waals surface area (Å²) in [6, 6.07) is 0. The maximum atomic E-state index is 11.8. The van der Waals surface area contributed by atoms with Gasteiger partial charge in [-0.05, 0) is 26.7 Å². The number of hydrogen-bond acceptors (Lipinski definition) is 3. The fourth-order valence-corrected chi connectivity index (χ4v) is 4.69. The minimum atomic E-state index is -1.04. The van der Waals surface area contributed by atoms with Crippen molar-refractivity contribution in [3.8, 4) is 0 Å². The lowest BCUT2D eigenvalue weighted by Crippen LogP contribution is -2.42. The van der Waals surface area contributed by atoms with Crippen LogP contribution in [0.3, 0.4) is 0 Å². The highest BCUT2D eigenvalue weighted by Crippen LogP contribution is 2.43. The molecule has 25 heavy (non-hydrogen) atoms. The van der Waals surface area contributed by atoms with E-state index in [2.05, 4.69) is 13.8 Å². The molecule has 0 aliphatic rings. The van der Waals surface area contributed by atoms with Crippen LogP contribution in [0.5, 0.6) is 0 Å². The van der Waals surface area contributed by atoms with Gasteiger partial charge in [0.25, 0.3) is 0 Å². The van der Waals surface area contributed by atoms with Gasteiger partial charge in [-0.2, -0.15) is 0 Å². The van der Waals surface area contributed by atoms with Crippen LogP contribution in [-0.4, -0.2) is 31.6 Å². The number of carboxylic acids is 2. The smallest absolute Gasteiger partial charge is 0.319 e. The first-order chi connectivity index (χ1) is 11.7. The van der Waals surface area contributed by atoms with Crippen molar-refractivity contribution in [3.63, 3.8) is 0 Å². The minimum Gasteiger partial charge on any atom is -0.480 e. The molecule has 0 fully saturated rings.